The van der Waals surface area contributed by atoms with E-state index < -0.39 is 0 Å². The van der Waals surface area contributed by atoms with Gasteiger partial charge in [-0.15, -0.1) is 0 Å². The van der Waals surface area contributed by atoms with Crippen LogP contribution in [-0.4, -0.2) is 22.6 Å². The smallest absolute Gasteiger partial charge is 0.109 e. The zero-order chi connectivity index (χ0) is 12.7. The van der Waals surface area contributed by atoms with Crippen molar-refractivity contribution in [3.8, 4) is 6.07 Å². The van der Waals surface area contributed by atoms with Crippen LogP contribution < -0.4 is 5.32 Å². The molecule has 0 aromatic carbocycles. The highest BCUT2D eigenvalue weighted by molar-refractivity contribution is 4.91. The molecule has 4 heteroatoms. The number of aryl methyl sites for hydroxylation is 1. The van der Waals surface area contributed by atoms with E-state index in [0.717, 1.165) is 31.8 Å². The fourth-order valence-corrected chi connectivity index (χ4v) is 1.75. The summed E-state index contributed by atoms with van der Waals surface area (Å²) in [6.45, 7) is 6.26. The summed E-state index contributed by atoms with van der Waals surface area (Å²) in [7, 11) is 2.01. The number of rotatable bonds is 7. The van der Waals surface area contributed by atoms with Gasteiger partial charge in [-0.2, -0.15) is 5.26 Å². The summed E-state index contributed by atoms with van der Waals surface area (Å²) in [4.78, 5) is 4.28. The standard InChI is InChI=1S/C13H22N4/c1-13(2,6-4-7-14)11-15-8-5-12-16-9-10-17(12)3/h9-10,15H,4-6,8,11H2,1-3H3. The molecular weight excluding hydrogens is 212 g/mol. The maximum absolute atomic E-state index is 8.58. The minimum Gasteiger partial charge on any atom is -0.338 e. The zero-order valence-corrected chi connectivity index (χ0v) is 11.0. The number of hydrogen-bond donors (Lipinski definition) is 1. The molecule has 0 spiro atoms. The first-order valence-corrected chi connectivity index (χ1v) is 6.09. The molecule has 0 saturated heterocycles. The average molecular weight is 234 g/mol. The Balaban J connectivity index is 2.20. The molecule has 0 atom stereocenters. The molecule has 1 aromatic heterocycles. The first-order chi connectivity index (χ1) is 8.05. The third-order valence-corrected chi connectivity index (χ3v) is 2.96. The highest BCUT2D eigenvalue weighted by Gasteiger charge is 2.16. The van der Waals surface area contributed by atoms with E-state index in [1.165, 1.54) is 0 Å². The van der Waals surface area contributed by atoms with Crippen LogP contribution in [0, 0.1) is 16.7 Å². The monoisotopic (exact) mass is 234 g/mol. The minimum atomic E-state index is 0.192. The molecule has 94 valence electrons. The van der Waals surface area contributed by atoms with Gasteiger partial charge in [0.1, 0.15) is 5.82 Å². The van der Waals surface area contributed by atoms with E-state index in [0.29, 0.717) is 6.42 Å². The van der Waals surface area contributed by atoms with Gasteiger partial charge in [0.05, 0.1) is 6.07 Å². The van der Waals surface area contributed by atoms with Crippen LogP contribution in [0.25, 0.3) is 0 Å². The van der Waals surface area contributed by atoms with Gasteiger partial charge in [0.15, 0.2) is 0 Å². The van der Waals surface area contributed by atoms with Crippen LogP contribution in [0.1, 0.15) is 32.5 Å². The van der Waals surface area contributed by atoms with Gasteiger partial charge >= 0.3 is 0 Å². The van der Waals surface area contributed by atoms with Crippen LogP contribution >= 0.6 is 0 Å². The normalized spacial score (nSPS) is 11.4. The maximum Gasteiger partial charge on any atom is 0.109 e. The predicted molar refractivity (Wildman–Crippen MR) is 68.4 cm³/mol. The Morgan fingerprint density at radius 2 is 2.29 bits per heavy atom. The van der Waals surface area contributed by atoms with Crippen LogP contribution in [0.15, 0.2) is 12.4 Å². The van der Waals surface area contributed by atoms with E-state index in [-0.39, 0.29) is 5.41 Å². The largest absolute Gasteiger partial charge is 0.338 e. The fraction of sp³-hybridized carbons (Fsp3) is 0.692. The van der Waals surface area contributed by atoms with E-state index in [1.54, 1.807) is 0 Å². The van der Waals surface area contributed by atoms with Crippen molar-refractivity contribution in [2.24, 2.45) is 12.5 Å². The fourth-order valence-electron chi connectivity index (χ4n) is 1.75. The Kier molecular flexibility index (Phi) is 5.17. The summed E-state index contributed by atoms with van der Waals surface area (Å²) < 4.78 is 2.04. The molecule has 4 nitrogen and oxygen atoms in total. The molecule has 0 amide bonds. The maximum atomic E-state index is 8.58. The van der Waals surface area contributed by atoms with Crippen molar-refractivity contribution in [1.29, 1.82) is 5.26 Å². The van der Waals surface area contributed by atoms with Crippen LogP contribution in [0.4, 0.5) is 0 Å². The summed E-state index contributed by atoms with van der Waals surface area (Å²) in [6.07, 6.45) is 6.31. The second-order valence-corrected chi connectivity index (χ2v) is 5.20. The lowest BCUT2D eigenvalue weighted by Gasteiger charge is -2.23. The Labute approximate surface area is 104 Å². The van der Waals surface area contributed by atoms with Gasteiger partial charge in [0.25, 0.3) is 0 Å². The molecular formula is C13H22N4. The summed E-state index contributed by atoms with van der Waals surface area (Å²) >= 11 is 0. The van der Waals surface area contributed by atoms with E-state index >= 15 is 0 Å². The van der Waals surface area contributed by atoms with E-state index in [9.17, 15) is 0 Å². The van der Waals surface area contributed by atoms with Gasteiger partial charge in [-0.3, -0.25) is 0 Å². The topological polar surface area (TPSA) is 53.6 Å². The number of nitrogens with one attached hydrogen (secondary N) is 1. The lowest BCUT2D eigenvalue weighted by molar-refractivity contribution is 0.319. The highest BCUT2D eigenvalue weighted by atomic mass is 15.0. The molecule has 0 saturated carbocycles. The average Bonchev–Trinajstić information content (AvgIpc) is 2.68. The van der Waals surface area contributed by atoms with Crippen molar-refractivity contribution in [3.05, 3.63) is 18.2 Å². The molecule has 0 unspecified atom stereocenters. The van der Waals surface area contributed by atoms with Crippen molar-refractivity contribution in [3.63, 3.8) is 0 Å². The number of nitriles is 1. The van der Waals surface area contributed by atoms with Crippen molar-refractivity contribution >= 4 is 0 Å². The summed E-state index contributed by atoms with van der Waals surface area (Å²) in [6, 6.07) is 2.20. The first kappa shape index (κ1) is 13.7. The van der Waals surface area contributed by atoms with Crippen LogP contribution in [0.5, 0.6) is 0 Å². The molecule has 0 aliphatic rings. The molecule has 0 radical (unpaired) electrons. The first-order valence-electron chi connectivity index (χ1n) is 6.09. The van der Waals surface area contributed by atoms with Crippen LogP contribution in [-0.2, 0) is 13.5 Å². The van der Waals surface area contributed by atoms with Gasteiger partial charge in [-0.25, -0.2) is 4.98 Å². The molecule has 1 rings (SSSR count). The third-order valence-electron chi connectivity index (χ3n) is 2.96. The Morgan fingerprint density at radius 1 is 1.53 bits per heavy atom. The van der Waals surface area contributed by atoms with Crippen molar-refractivity contribution in [1.82, 2.24) is 14.9 Å². The summed E-state index contributed by atoms with van der Waals surface area (Å²) in [5.74, 6) is 1.10. The van der Waals surface area contributed by atoms with Gasteiger partial charge in [-0.05, 0) is 11.8 Å². The van der Waals surface area contributed by atoms with Crippen molar-refractivity contribution < 1.29 is 0 Å². The number of imidazole rings is 1. The summed E-state index contributed by atoms with van der Waals surface area (Å²) in [5, 5.41) is 12.0. The molecule has 0 bridgehead atoms. The van der Waals surface area contributed by atoms with Gasteiger partial charge in [0, 0.05) is 45.4 Å². The summed E-state index contributed by atoms with van der Waals surface area (Å²) in [5.41, 5.74) is 0.192. The number of hydrogen-bond acceptors (Lipinski definition) is 3. The number of nitrogens with zero attached hydrogens (tertiary/aromatic N) is 3. The van der Waals surface area contributed by atoms with Crippen LogP contribution in [0.3, 0.4) is 0 Å². The van der Waals surface area contributed by atoms with Gasteiger partial charge < -0.3 is 9.88 Å². The SMILES string of the molecule is Cn1ccnc1CCNCC(C)(C)CCC#N. The predicted octanol–water partition coefficient (Wildman–Crippen LogP) is 1.88. The molecule has 0 fully saturated rings. The minimum absolute atomic E-state index is 0.192. The Bertz CT molecular complexity index is 373. The second kappa shape index (κ2) is 6.41. The van der Waals surface area contributed by atoms with E-state index in [1.807, 2.05) is 24.0 Å². The van der Waals surface area contributed by atoms with E-state index in [2.05, 4.69) is 30.2 Å². The van der Waals surface area contributed by atoms with E-state index in [4.69, 9.17) is 5.26 Å². The Hall–Kier alpha value is -1.34. The molecule has 0 aliphatic carbocycles. The number of aromatic nitrogens is 2. The van der Waals surface area contributed by atoms with Crippen molar-refractivity contribution in [2.45, 2.75) is 33.1 Å². The van der Waals surface area contributed by atoms with Crippen molar-refractivity contribution in [2.75, 3.05) is 13.1 Å². The highest BCUT2D eigenvalue weighted by Crippen LogP contribution is 2.20. The lowest BCUT2D eigenvalue weighted by atomic mass is 9.88. The Morgan fingerprint density at radius 3 is 2.88 bits per heavy atom. The molecule has 1 aromatic rings. The van der Waals surface area contributed by atoms with Gasteiger partial charge in [-0.1, -0.05) is 13.8 Å². The van der Waals surface area contributed by atoms with Crippen LogP contribution in [0.2, 0.25) is 0 Å². The molecule has 17 heavy (non-hydrogen) atoms. The van der Waals surface area contributed by atoms with Gasteiger partial charge in [0.2, 0.25) is 0 Å². The molecule has 1 N–H and O–H groups in total. The molecule has 0 aliphatic heterocycles. The molecule has 1 heterocycles. The lowest BCUT2D eigenvalue weighted by Crippen LogP contribution is -2.31. The third kappa shape index (κ3) is 5.01. The zero-order valence-electron chi connectivity index (χ0n) is 11.0. The quantitative estimate of drug-likeness (QED) is 0.733. The second-order valence-electron chi connectivity index (χ2n) is 5.20.